The van der Waals surface area contributed by atoms with Crippen LogP contribution >= 0.6 is 0 Å². The second-order valence-corrected chi connectivity index (χ2v) is 5.70. The number of aryl methyl sites for hydroxylation is 1. The third kappa shape index (κ3) is 2.88. The lowest BCUT2D eigenvalue weighted by atomic mass is 10.1. The molecule has 0 atom stereocenters. The summed E-state index contributed by atoms with van der Waals surface area (Å²) < 4.78 is 39.7. The van der Waals surface area contributed by atoms with Gasteiger partial charge in [0.1, 0.15) is 5.75 Å². The van der Waals surface area contributed by atoms with Gasteiger partial charge in [0, 0.05) is 6.20 Å². The van der Waals surface area contributed by atoms with E-state index in [9.17, 15) is 17.9 Å². The summed E-state index contributed by atoms with van der Waals surface area (Å²) in [5, 5.41) is 8.96. The number of hydrogen-bond acceptors (Lipinski definition) is 4. The van der Waals surface area contributed by atoms with Gasteiger partial charge in [-0.25, -0.2) is 9.37 Å². The van der Waals surface area contributed by atoms with Crippen LogP contribution in [0.3, 0.4) is 0 Å². The van der Waals surface area contributed by atoms with Gasteiger partial charge in [-0.1, -0.05) is 13.0 Å². The molecule has 0 unspecified atom stereocenters. The van der Waals surface area contributed by atoms with Crippen molar-refractivity contribution in [2.24, 2.45) is 0 Å². The maximum Gasteiger partial charge on any atom is 0.282 e. The van der Waals surface area contributed by atoms with Crippen molar-refractivity contribution in [2.75, 3.05) is 4.72 Å². The predicted molar refractivity (Wildman–Crippen MR) is 72.5 cm³/mol. The van der Waals surface area contributed by atoms with Gasteiger partial charge < -0.3 is 5.11 Å². The molecule has 7 heteroatoms. The standard InChI is InChI=1S/C13H13FN2O3S/c1-2-9-5-6-12(17)11(8-9)16-20(18,19)13-10(14)4-3-7-15-13/h3-8,16-17H,2H2,1H3. The first kappa shape index (κ1) is 14.3. The quantitative estimate of drug-likeness (QED) is 0.848. The second kappa shape index (κ2) is 5.46. The highest BCUT2D eigenvalue weighted by Gasteiger charge is 2.21. The first-order valence-corrected chi connectivity index (χ1v) is 7.37. The van der Waals surface area contributed by atoms with Crippen molar-refractivity contribution >= 4 is 15.7 Å². The molecule has 0 radical (unpaired) electrons. The molecule has 20 heavy (non-hydrogen) atoms. The number of phenolic OH excluding ortho intramolecular Hbond substituents is 1. The molecule has 0 saturated heterocycles. The summed E-state index contributed by atoms with van der Waals surface area (Å²) >= 11 is 0. The lowest BCUT2D eigenvalue weighted by Crippen LogP contribution is -2.16. The van der Waals surface area contributed by atoms with Crippen LogP contribution in [0.4, 0.5) is 10.1 Å². The number of aromatic hydroxyl groups is 1. The Bertz CT molecular complexity index is 732. The van der Waals surface area contributed by atoms with Gasteiger partial charge in [-0.15, -0.1) is 0 Å². The van der Waals surface area contributed by atoms with Crippen LogP contribution in [0.15, 0.2) is 41.6 Å². The first-order valence-electron chi connectivity index (χ1n) is 5.89. The highest BCUT2D eigenvalue weighted by molar-refractivity contribution is 7.92. The molecule has 1 heterocycles. The molecule has 0 spiro atoms. The molecule has 0 fully saturated rings. The molecule has 0 aliphatic rings. The van der Waals surface area contributed by atoms with E-state index < -0.39 is 20.9 Å². The van der Waals surface area contributed by atoms with E-state index in [-0.39, 0.29) is 11.4 Å². The van der Waals surface area contributed by atoms with Gasteiger partial charge in [0.2, 0.25) is 5.03 Å². The van der Waals surface area contributed by atoms with Crippen LogP contribution in [0, 0.1) is 5.82 Å². The van der Waals surface area contributed by atoms with Crippen molar-refractivity contribution < 1.29 is 17.9 Å². The van der Waals surface area contributed by atoms with Gasteiger partial charge in [0.05, 0.1) is 5.69 Å². The Morgan fingerprint density at radius 3 is 2.75 bits per heavy atom. The van der Waals surface area contributed by atoms with Crippen LogP contribution in [0.2, 0.25) is 0 Å². The summed E-state index contributed by atoms with van der Waals surface area (Å²) in [6, 6.07) is 6.85. The summed E-state index contributed by atoms with van der Waals surface area (Å²) in [6.45, 7) is 1.89. The number of halogens is 1. The minimum Gasteiger partial charge on any atom is -0.506 e. The minimum absolute atomic E-state index is 0.00518. The summed E-state index contributed by atoms with van der Waals surface area (Å²) in [6.07, 6.45) is 1.85. The van der Waals surface area contributed by atoms with Gasteiger partial charge in [0.25, 0.3) is 10.0 Å². The Morgan fingerprint density at radius 2 is 2.10 bits per heavy atom. The van der Waals surface area contributed by atoms with Crippen molar-refractivity contribution in [3.63, 3.8) is 0 Å². The number of nitrogens with one attached hydrogen (secondary N) is 1. The number of sulfonamides is 1. The minimum atomic E-state index is -4.19. The molecule has 2 rings (SSSR count). The average Bonchev–Trinajstić information content (AvgIpc) is 2.41. The van der Waals surface area contributed by atoms with Gasteiger partial charge in [-0.05, 0) is 36.2 Å². The number of pyridine rings is 1. The number of phenols is 1. The zero-order valence-corrected chi connectivity index (χ0v) is 11.5. The zero-order chi connectivity index (χ0) is 14.8. The van der Waals surface area contributed by atoms with Gasteiger partial charge in [-0.3, -0.25) is 4.72 Å². The molecule has 2 aromatic rings. The van der Waals surface area contributed by atoms with Crippen molar-refractivity contribution in [1.29, 1.82) is 0 Å². The molecular weight excluding hydrogens is 283 g/mol. The van der Waals surface area contributed by atoms with Crippen LogP contribution in [0.1, 0.15) is 12.5 Å². The van der Waals surface area contributed by atoms with Gasteiger partial charge >= 0.3 is 0 Å². The summed E-state index contributed by atoms with van der Waals surface area (Å²) in [5.74, 6) is -1.19. The summed E-state index contributed by atoms with van der Waals surface area (Å²) in [5.41, 5.74) is 0.830. The number of benzene rings is 1. The zero-order valence-electron chi connectivity index (χ0n) is 10.7. The number of aromatic nitrogens is 1. The Labute approximate surface area is 116 Å². The molecule has 0 bridgehead atoms. The molecular formula is C13H13FN2O3S. The largest absolute Gasteiger partial charge is 0.506 e. The van der Waals surface area contributed by atoms with Crippen molar-refractivity contribution in [3.05, 3.63) is 47.9 Å². The fraction of sp³-hybridized carbons (Fsp3) is 0.154. The van der Waals surface area contributed by atoms with E-state index in [2.05, 4.69) is 9.71 Å². The monoisotopic (exact) mass is 296 g/mol. The maximum absolute atomic E-state index is 13.5. The molecule has 0 aliphatic heterocycles. The highest BCUT2D eigenvalue weighted by Crippen LogP contribution is 2.27. The van der Waals surface area contributed by atoms with E-state index in [0.717, 1.165) is 11.6 Å². The highest BCUT2D eigenvalue weighted by atomic mass is 32.2. The topological polar surface area (TPSA) is 79.3 Å². The fourth-order valence-corrected chi connectivity index (χ4v) is 2.72. The van der Waals surface area contributed by atoms with E-state index in [0.29, 0.717) is 6.42 Å². The fourth-order valence-electron chi connectivity index (χ4n) is 1.65. The van der Waals surface area contributed by atoms with Crippen LogP contribution in [-0.2, 0) is 16.4 Å². The number of rotatable bonds is 4. The Morgan fingerprint density at radius 1 is 1.35 bits per heavy atom. The Balaban J connectivity index is 2.41. The molecule has 1 aromatic carbocycles. The molecule has 0 amide bonds. The Hall–Kier alpha value is -2.15. The maximum atomic E-state index is 13.5. The lowest BCUT2D eigenvalue weighted by Gasteiger charge is -2.10. The molecule has 106 valence electrons. The first-order chi connectivity index (χ1) is 9.44. The molecule has 5 nitrogen and oxygen atoms in total. The smallest absolute Gasteiger partial charge is 0.282 e. The van der Waals surface area contributed by atoms with Crippen molar-refractivity contribution in [2.45, 2.75) is 18.4 Å². The average molecular weight is 296 g/mol. The molecule has 0 aliphatic carbocycles. The molecule has 0 saturated carbocycles. The van der Waals surface area contributed by atoms with E-state index in [1.807, 2.05) is 6.92 Å². The van der Waals surface area contributed by atoms with E-state index >= 15 is 0 Å². The van der Waals surface area contributed by atoms with Crippen molar-refractivity contribution in [1.82, 2.24) is 4.98 Å². The van der Waals surface area contributed by atoms with E-state index in [4.69, 9.17) is 0 Å². The van der Waals surface area contributed by atoms with Crippen LogP contribution in [-0.4, -0.2) is 18.5 Å². The van der Waals surface area contributed by atoms with Crippen LogP contribution < -0.4 is 4.72 Å². The second-order valence-electron chi connectivity index (χ2n) is 4.10. The van der Waals surface area contributed by atoms with E-state index in [1.54, 1.807) is 6.07 Å². The van der Waals surface area contributed by atoms with Crippen LogP contribution in [0.5, 0.6) is 5.75 Å². The molecule has 1 aromatic heterocycles. The van der Waals surface area contributed by atoms with Crippen LogP contribution in [0.25, 0.3) is 0 Å². The third-order valence-corrected chi connectivity index (χ3v) is 3.99. The lowest BCUT2D eigenvalue weighted by molar-refractivity contribution is 0.477. The number of hydrogen-bond donors (Lipinski definition) is 2. The Kier molecular flexibility index (Phi) is 3.89. The van der Waals surface area contributed by atoms with Crippen molar-refractivity contribution in [3.8, 4) is 5.75 Å². The number of nitrogens with zero attached hydrogens (tertiary/aromatic N) is 1. The molecule has 2 N–H and O–H groups in total. The summed E-state index contributed by atoms with van der Waals surface area (Å²) in [7, 11) is -4.19. The summed E-state index contributed by atoms with van der Waals surface area (Å²) in [4.78, 5) is 3.51. The SMILES string of the molecule is CCc1ccc(O)c(NS(=O)(=O)c2ncccc2F)c1. The van der Waals surface area contributed by atoms with Gasteiger partial charge in [0.15, 0.2) is 5.82 Å². The van der Waals surface area contributed by atoms with E-state index in [1.165, 1.54) is 24.4 Å². The normalized spacial score (nSPS) is 11.3. The van der Waals surface area contributed by atoms with Gasteiger partial charge in [-0.2, -0.15) is 8.42 Å². The third-order valence-electron chi connectivity index (χ3n) is 2.69. The predicted octanol–water partition coefficient (Wildman–Crippen LogP) is 2.29. The number of anilines is 1.